The molecule has 131 valence electrons. The summed E-state index contributed by atoms with van der Waals surface area (Å²) < 4.78 is 0.250. The van der Waals surface area contributed by atoms with Crippen LogP contribution in [0.25, 0.3) is 0 Å². The molecular formula is C8H15CeN4O4S6. The summed E-state index contributed by atoms with van der Waals surface area (Å²) in [7, 11) is 0. The van der Waals surface area contributed by atoms with Gasteiger partial charge in [-0.05, 0) is 6.42 Å². The standard InChI is InChI=1S/C5H9NO4.3CH3NS2.Ce/c6-3(5(9)10)1-2-4(7)8;3*2-1(3)4;/h3H,1-2,6H2,(H,7,8)(H,9,10);3*(H3,2,3,4);/q;;;;+3/p-3/t3-;;;;/m0..../s1. The summed E-state index contributed by atoms with van der Waals surface area (Å²) in [6, 6.07) is -1.06. The van der Waals surface area contributed by atoms with Crippen LogP contribution >= 0.6 is 36.7 Å². The van der Waals surface area contributed by atoms with Crippen molar-refractivity contribution in [3.05, 3.63) is 0 Å². The largest absolute Gasteiger partial charge is 3.00 e. The summed E-state index contributed by atoms with van der Waals surface area (Å²) in [4.78, 5) is 19.9. The van der Waals surface area contributed by atoms with Crippen LogP contribution in [0.5, 0.6) is 0 Å². The second-order valence-electron chi connectivity index (χ2n) is 2.83. The van der Waals surface area contributed by atoms with E-state index in [1.54, 1.807) is 0 Å². The minimum Gasteiger partial charge on any atom is -0.481 e. The average Bonchev–Trinajstić information content (AvgIpc) is 2.22. The number of hydrogen-bond donors (Lipinski definition) is 6. The van der Waals surface area contributed by atoms with Gasteiger partial charge < -0.3 is 108 Å². The van der Waals surface area contributed by atoms with Crippen molar-refractivity contribution in [1.29, 1.82) is 0 Å². The molecule has 0 unspecified atom stereocenters. The van der Waals surface area contributed by atoms with Crippen LogP contribution in [0.2, 0.25) is 0 Å². The number of hydrogen-bond acceptors (Lipinski definition) is 9. The normalized spacial score (nSPS) is 8.57. The van der Waals surface area contributed by atoms with E-state index in [1.165, 1.54) is 0 Å². The van der Waals surface area contributed by atoms with E-state index in [0.717, 1.165) is 0 Å². The van der Waals surface area contributed by atoms with Crippen LogP contribution in [0.1, 0.15) is 12.8 Å². The Balaban J connectivity index is -0.0000000700. The molecule has 0 spiro atoms. The monoisotopic (exact) mass is 563 g/mol. The van der Waals surface area contributed by atoms with Gasteiger partial charge in [0.05, 0.1) is 0 Å². The Labute approximate surface area is 200 Å². The Morgan fingerprint density at radius 2 is 1.13 bits per heavy atom. The van der Waals surface area contributed by atoms with Crippen LogP contribution in [0.15, 0.2) is 0 Å². The maximum Gasteiger partial charge on any atom is 3.00 e. The minimum absolute atomic E-state index is 0. The van der Waals surface area contributed by atoms with Crippen molar-refractivity contribution in [3.8, 4) is 0 Å². The molecule has 0 aromatic heterocycles. The third-order valence-electron chi connectivity index (χ3n) is 0.986. The Bertz CT molecular complexity index is 347. The topological polar surface area (TPSA) is 179 Å². The molecule has 23 heavy (non-hydrogen) atoms. The summed E-state index contributed by atoms with van der Waals surface area (Å²) in [6.07, 6.45) is -0.224. The van der Waals surface area contributed by atoms with E-state index in [-0.39, 0.29) is 67.6 Å². The first kappa shape index (κ1) is 34.8. The van der Waals surface area contributed by atoms with Gasteiger partial charge in [0.1, 0.15) is 6.04 Å². The fraction of sp³-hybridized carbons (Fsp3) is 0.375. The van der Waals surface area contributed by atoms with Crippen LogP contribution in [0, 0.1) is 41.7 Å². The third-order valence-corrected chi connectivity index (χ3v) is 0.986. The van der Waals surface area contributed by atoms with E-state index in [0.29, 0.717) is 0 Å². The van der Waals surface area contributed by atoms with E-state index >= 15 is 0 Å². The molecule has 0 amide bonds. The molecule has 0 aromatic carbocycles. The molecule has 1 radical (unpaired) electrons. The molecule has 0 aliphatic rings. The molecular weight excluding hydrogens is 549 g/mol. The zero-order valence-electron chi connectivity index (χ0n) is 11.5. The van der Waals surface area contributed by atoms with Crippen molar-refractivity contribution < 1.29 is 61.5 Å². The number of thiocarbonyl (C=S) groups is 3. The van der Waals surface area contributed by atoms with Crippen LogP contribution in [-0.4, -0.2) is 41.2 Å². The Hall–Kier alpha value is 0.607. The first-order chi connectivity index (χ1) is 9.73. The number of rotatable bonds is 4. The van der Waals surface area contributed by atoms with Gasteiger partial charge in [-0.1, -0.05) is 13.0 Å². The molecule has 8 nitrogen and oxygen atoms in total. The fourth-order valence-corrected chi connectivity index (χ4v) is 0.402. The Morgan fingerprint density at radius 3 is 1.26 bits per heavy atom. The van der Waals surface area contributed by atoms with Crippen molar-refractivity contribution in [2.24, 2.45) is 22.9 Å². The predicted molar refractivity (Wildman–Crippen MR) is 105 cm³/mol. The van der Waals surface area contributed by atoms with Gasteiger partial charge in [-0.25, -0.2) is 0 Å². The molecule has 1 atom stereocenters. The minimum atomic E-state index is -1.17. The van der Waals surface area contributed by atoms with Crippen molar-refractivity contribution in [3.63, 3.8) is 0 Å². The number of carboxylic acid groups (broad SMARTS) is 2. The molecule has 0 saturated carbocycles. The van der Waals surface area contributed by atoms with E-state index < -0.39 is 18.0 Å². The molecule has 15 heteroatoms. The second-order valence-corrected chi connectivity index (χ2v) is 6.25. The number of carbonyl (C=O) groups is 2. The average molecular weight is 564 g/mol. The van der Waals surface area contributed by atoms with Gasteiger partial charge in [-0.3, -0.25) is 9.59 Å². The van der Waals surface area contributed by atoms with Gasteiger partial charge in [0.2, 0.25) is 0 Å². The van der Waals surface area contributed by atoms with Crippen molar-refractivity contribution in [2.75, 3.05) is 0 Å². The fourth-order valence-electron chi connectivity index (χ4n) is 0.402. The maximum absolute atomic E-state index is 9.99. The smallest absolute Gasteiger partial charge is 0.481 e. The molecule has 0 aliphatic carbocycles. The van der Waals surface area contributed by atoms with Gasteiger partial charge in [0.25, 0.3) is 0 Å². The van der Waals surface area contributed by atoms with E-state index in [4.69, 9.17) is 15.9 Å². The second kappa shape index (κ2) is 24.9. The molecule has 0 fully saturated rings. The quantitative estimate of drug-likeness (QED) is 0.174. The summed E-state index contributed by atoms with van der Waals surface area (Å²) in [5.74, 6) is -2.20. The molecule has 10 N–H and O–H groups in total. The molecule has 0 aliphatic heterocycles. The summed E-state index contributed by atoms with van der Waals surface area (Å²) in [5, 5.41) is 16.3. The summed E-state index contributed by atoms with van der Waals surface area (Å²) in [5.41, 5.74) is 19.0. The van der Waals surface area contributed by atoms with Crippen LogP contribution in [0.4, 0.5) is 0 Å². The van der Waals surface area contributed by atoms with E-state index in [2.05, 4.69) is 91.7 Å². The first-order valence-electron chi connectivity index (χ1n) is 4.83. The van der Waals surface area contributed by atoms with Gasteiger partial charge >= 0.3 is 53.7 Å². The Morgan fingerprint density at radius 1 is 0.913 bits per heavy atom. The Kier molecular flexibility index (Phi) is 37.7. The molecule has 0 rings (SSSR count). The number of nitrogens with two attached hydrogens (primary N) is 4. The summed E-state index contributed by atoms with van der Waals surface area (Å²) in [6.45, 7) is 0. The maximum atomic E-state index is 9.99. The van der Waals surface area contributed by atoms with Gasteiger partial charge in [0, 0.05) is 6.42 Å². The number of carboxylic acids is 2. The SMILES string of the molecule is NC(=S)[S-].NC(=S)[S-].NC(=S)[S-].N[C@@H](CCC(=O)O)C(=O)O.[Ce+3]. The third kappa shape index (κ3) is 104. The summed E-state index contributed by atoms with van der Waals surface area (Å²) >= 11 is 24.8. The van der Waals surface area contributed by atoms with Crippen molar-refractivity contribution in [1.82, 2.24) is 0 Å². The molecule has 0 heterocycles. The molecule has 0 saturated heterocycles. The van der Waals surface area contributed by atoms with E-state index in [9.17, 15) is 9.59 Å². The first-order valence-corrected chi connectivity index (χ1v) is 7.28. The number of aliphatic carboxylic acids is 2. The van der Waals surface area contributed by atoms with Gasteiger partial charge in [-0.15, -0.1) is 0 Å². The predicted octanol–water partition coefficient (Wildman–Crippen LogP) is -1.41. The van der Waals surface area contributed by atoms with Crippen LogP contribution in [0.3, 0.4) is 0 Å². The zero-order chi connectivity index (χ0) is 18.9. The molecule has 0 aromatic rings. The molecule has 0 bridgehead atoms. The van der Waals surface area contributed by atoms with Crippen molar-refractivity contribution >= 4 is 99.4 Å². The zero-order valence-corrected chi connectivity index (χ0v) is 19.5. The van der Waals surface area contributed by atoms with Gasteiger partial charge in [-0.2, -0.15) is 0 Å². The van der Waals surface area contributed by atoms with Crippen LogP contribution in [-0.2, 0) is 47.5 Å². The van der Waals surface area contributed by atoms with Crippen LogP contribution < -0.4 is 22.9 Å². The van der Waals surface area contributed by atoms with E-state index in [1.807, 2.05) is 0 Å². The van der Waals surface area contributed by atoms with Crippen molar-refractivity contribution in [2.45, 2.75) is 18.9 Å². The van der Waals surface area contributed by atoms with Gasteiger partial charge in [0.15, 0.2) is 0 Å².